The van der Waals surface area contributed by atoms with Gasteiger partial charge in [0.1, 0.15) is 0 Å². The van der Waals surface area contributed by atoms with E-state index in [9.17, 15) is 0 Å². The van der Waals surface area contributed by atoms with Crippen molar-refractivity contribution in [3.8, 4) is 5.75 Å². The van der Waals surface area contributed by atoms with Gasteiger partial charge in [0, 0.05) is 18.6 Å². The van der Waals surface area contributed by atoms with Crippen molar-refractivity contribution in [1.82, 2.24) is 4.98 Å². The zero-order chi connectivity index (χ0) is 13.9. The summed E-state index contributed by atoms with van der Waals surface area (Å²) in [7, 11) is 0. The summed E-state index contributed by atoms with van der Waals surface area (Å²) in [6.45, 7) is 5.93. The molecule has 0 saturated heterocycles. The molecule has 1 aromatic rings. The number of hydrogen-bond acceptors (Lipinski definition) is 3. The van der Waals surface area contributed by atoms with Crippen LogP contribution in [0.25, 0.3) is 0 Å². The largest absolute Gasteiger partial charge is 0.490 e. The second kappa shape index (κ2) is 9.90. The zero-order valence-corrected chi connectivity index (χ0v) is 12.7. The number of anilines is 1. The van der Waals surface area contributed by atoms with Crippen LogP contribution in [-0.2, 0) is 0 Å². The zero-order valence-electron chi connectivity index (χ0n) is 12.0. The van der Waals surface area contributed by atoms with E-state index < -0.39 is 0 Å². The topological polar surface area (TPSA) is 34.1 Å². The summed E-state index contributed by atoms with van der Waals surface area (Å²) in [5, 5.41) is 3.40. The van der Waals surface area contributed by atoms with Gasteiger partial charge in [-0.05, 0) is 37.3 Å². The second-order valence-electron chi connectivity index (χ2n) is 4.71. The van der Waals surface area contributed by atoms with Crippen LogP contribution in [0.3, 0.4) is 0 Å². The lowest BCUT2D eigenvalue weighted by atomic mass is 10.0. The highest BCUT2D eigenvalue weighted by Gasteiger charge is 2.09. The Hall–Kier alpha value is -0.960. The van der Waals surface area contributed by atoms with Crippen molar-refractivity contribution in [2.45, 2.75) is 39.5 Å². The Morgan fingerprint density at radius 1 is 1.32 bits per heavy atom. The Kier molecular flexibility index (Phi) is 8.39. The molecule has 4 heteroatoms. The molecular formula is C15H25ClN2O. The molecule has 0 radical (unpaired) electrons. The SMILES string of the molecule is CCCOc1cccnc1NCC(CCC)CCCl. The predicted molar refractivity (Wildman–Crippen MR) is 82.2 cm³/mol. The molecule has 0 aliphatic carbocycles. The smallest absolute Gasteiger partial charge is 0.168 e. The van der Waals surface area contributed by atoms with Crippen molar-refractivity contribution >= 4 is 17.4 Å². The number of hydrogen-bond donors (Lipinski definition) is 1. The fourth-order valence-corrected chi connectivity index (χ4v) is 2.31. The Labute approximate surface area is 121 Å². The fourth-order valence-electron chi connectivity index (χ4n) is 2.00. The van der Waals surface area contributed by atoms with Gasteiger partial charge >= 0.3 is 0 Å². The van der Waals surface area contributed by atoms with E-state index in [-0.39, 0.29) is 0 Å². The van der Waals surface area contributed by atoms with E-state index in [0.29, 0.717) is 11.8 Å². The van der Waals surface area contributed by atoms with Gasteiger partial charge in [0.25, 0.3) is 0 Å². The van der Waals surface area contributed by atoms with E-state index in [1.807, 2.05) is 12.1 Å². The van der Waals surface area contributed by atoms with Crippen molar-refractivity contribution in [2.24, 2.45) is 5.92 Å². The minimum Gasteiger partial charge on any atom is -0.490 e. The number of alkyl halides is 1. The minimum absolute atomic E-state index is 0.600. The summed E-state index contributed by atoms with van der Waals surface area (Å²) in [5.74, 6) is 2.99. The summed E-state index contributed by atoms with van der Waals surface area (Å²) in [6, 6.07) is 3.86. The monoisotopic (exact) mass is 284 g/mol. The lowest BCUT2D eigenvalue weighted by Crippen LogP contribution is -2.16. The normalized spacial score (nSPS) is 12.2. The van der Waals surface area contributed by atoms with Crippen LogP contribution in [0.15, 0.2) is 18.3 Å². The van der Waals surface area contributed by atoms with E-state index in [4.69, 9.17) is 16.3 Å². The number of pyridine rings is 1. The first-order valence-corrected chi connectivity index (χ1v) is 7.72. The highest BCUT2D eigenvalue weighted by Crippen LogP contribution is 2.22. The third kappa shape index (κ3) is 6.15. The molecule has 1 N–H and O–H groups in total. The Morgan fingerprint density at radius 3 is 2.84 bits per heavy atom. The lowest BCUT2D eigenvalue weighted by Gasteiger charge is -2.17. The molecule has 19 heavy (non-hydrogen) atoms. The van der Waals surface area contributed by atoms with E-state index in [1.165, 1.54) is 12.8 Å². The molecule has 0 aliphatic rings. The first-order valence-electron chi connectivity index (χ1n) is 7.19. The molecular weight excluding hydrogens is 260 g/mol. The van der Waals surface area contributed by atoms with Gasteiger partial charge < -0.3 is 10.1 Å². The molecule has 0 amide bonds. The number of rotatable bonds is 10. The molecule has 1 atom stereocenters. The Bertz CT molecular complexity index is 341. The van der Waals surface area contributed by atoms with Gasteiger partial charge in [0.05, 0.1) is 6.61 Å². The molecule has 0 bridgehead atoms. The average molecular weight is 285 g/mol. The fraction of sp³-hybridized carbons (Fsp3) is 0.667. The van der Waals surface area contributed by atoms with E-state index in [2.05, 4.69) is 24.1 Å². The molecule has 0 fully saturated rings. The minimum atomic E-state index is 0.600. The molecule has 1 unspecified atom stereocenters. The van der Waals surface area contributed by atoms with Crippen LogP contribution in [0, 0.1) is 5.92 Å². The van der Waals surface area contributed by atoms with Crippen molar-refractivity contribution in [3.63, 3.8) is 0 Å². The van der Waals surface area contributed by atoms with Gasteiger partial charge in [0.15, 0.2) is 11.6 Å². The van der Waals surface area contributed by atoms with Crippen molar-refractivity contribution in [1.29, 1.82) is 0 Å². The number of halogens is 1. The van der Waals surface area contributed by atoms with E-state index >= 15 is 0 Å². The van der Waals surface area contributed by atoms with Crippen LogP contribution >= 0.6 is 11.6 Å². The van der Waals surface area contributed by atoms with E-state index in [0.717, 1.165) is 37.6 Å². The van der Waals surface area contributed by atoms with Crippen LogP contribution < -0.4 is 10.1 Å². The molecule has 0 spiro atoms. The van der Waals surface area contributed by atoms with E-state index in [1.54, 1.807) is 6.20 Å². The standard InChI is InChI=1S/C15H25ClN2O/c1-3-6-13(8-9-16)12-18-15-14(19-11-4-2)7-5-10-17-15/h5,7,10,13H,3-4,6,8-9,11-12H2,1-2H3,(H,17,18). The molecule has 3 nitrogen and oxygen atoms in total. The van der Waals surface area contributed by atoms with Crippen LogP contribution in [-0.4, -0.2) is 24.0 Å². The van der Waals surface area contributed by atoms with Gasteiger partial charge in [-0.1, -0.05) is 20.3 Å². The lowest BCUT2D eigenvalue weighted by molar-refractivity contribution is 0.317. The van der Waals surface area contributed by atoms with Gasteiger partial charge in [0.2, 0.25) is 0 Å². The van der Waals surface area contributed by atoms with Crippen molar-refractivity contribution < 1.29 is 4.74 Å². The second-order valence-corrected chi connectivity index (χ2v) is 5.09. The summed E-state index contributed by atoms with van der Waals surface area (Å²) in [4.78, 5) is 4.35. The van der Waals surface area contributed by atoms with Crippen molar-refractivity contribution in [2.75, 3.05) is 24.3 Å². The highest BCUT2D eigenvalue weighted by atomic mass is 35.5. The highest BCUT2D eigenvalue weighted by molar-refractivity contribution is 6.17. The number of nitrogens with zero attached hydrogens (tertiary/aromatic N) is 1. The number of ether oxygens (including phenoxy) is 1. The van der Waals surface area contributed by atoms with Gasteiger partial charge in [-0.15, -0.1) is 11.6 Å². The summed E-state index contributed by atoms with van der Waals surface area (Å²) < 4.78 is 5.69. The average Bonchev–Trinajstić information content (AvgIpc) is 2.44. The Morgan fingerprint density at radius 2 is 2.16 bits per heavy atom. The quantitative estimate of drug-likeness (QED) is 0.650. The molecule has 108 valence electrons. The Balaban J connectivity index is 2.54. The molecule has 1 aromatic heterocycles. The van der Waals surface area contributed by atoms with Gasteiger partial charge in [-0.25, -0.2) is 4.98 Å². The molecule has 0 saturated carbocycles. The van der Waals surface area contributed by atoms with Gasteiger partial charge in [-0.2, -0.15) is 0 Å². The number of nitrogens with one attached hydrogen (secondary N) is 1. The maximum absolute atomic E-state index is 5.85. The van der Waals surface area contributed by atoms with Crippen molar-refractivity contribution in [3.05, 3.63) is 18.3 Å². The first-order chi connectivity index (χ1) is 9.31. The molecule has 1 heterocycles. The van der Waals surface area contributed by atoms with Crippen LogP contribution in [0.5, 0.6) is 5.75 Å². The third-order valence-corrected chi connectivity index (χ3v) is 3.22. The molecule has 0 aromatic carbocycles. The maximum Gasteiger partial charge on any atom is 0.168 e. The molecule has 0 aliphatic heterocycles. The first kappa shape index (κ1) is 16.1. The summed E-state index contributed by atoms with van der Waals surface area (Å²) >= 11 is 5.85. The molecule has 1 rings (SSSR count). The number of aromatic nitrogens is 1. The van der Waals surface area contributed by atoms with Gasteiger partial charge in [-0.3, -0.25) is 0 Å². The van der Waals surface area contributed by atoms with Crippen LogP contribution in [0.2, 0.25) is 0 Å². The predicted octanol–water partition coefficient (Wildman–Crippen LogP) is 4.33. The van der Waals surface area contributed by atoms with Crippen LogP contribution in [0.1, 0.15) is 39.5 Å². The summed E-state index contributed by atoms with van der Waals surface area (Å²) in [5.41, 5.74) is 0. The third-order valence-electron chi connectivity index (χ3n) is 3.00. The van der Waals surface area contributed by atoms with Crippen LogP contribution in [0.4, 0.5) is 5.82 Å². The maximum atomic E-state index is 5.85. The summed E-state index contributed by atoms with van der Waals surface area (Å²) in [6.07, 6.45) is 6.21.